The zero-order chi connectivity index (χ0) is 20.8. The molecule has 2 aromatic carbocycles. The summed E-state index contributed by atoms with van der Waals surface area (Å²) in [7, 11) is 0. The van der Waals surface area contributed by atoms with Gasteiger partial charge in [0.05, 0.1) is 5.75 Å². The van der Waals surface area contributed by atoms with E-state index in [0.717, 1.165) is 22.6 Å². The molecule has 0 atom stereocenters. The molecule has 29 heavy (non-hydrogen) atoms. The normalized spacial score (nSPS) is 10.7. The minimum absolute atomic E-state index is 0.0485. The number of thioether (sulfide) groups is 1. The van der Waals surface area contributed by atoms with Crippen molar-refractivity contribution in [3.8, 4) is 17.1 Å². The summed E-state index contributed by atoms with van der Waals surface area (Å²) in [6, 6.07) is 17.4. The third kappa shape index (κ3) is 5.28. The highest BCUT2D eigenvalue weighted by molar-refractivity contribution is 7.99. The smallest absolute Gasteiger partial charge is 0.233 e. The largest absolute Gasteiger partial charge is 0.338 e. The average molecular weight is 427 g/mol. The molecule has 1 heterocycles. The second kappa shape index (κ2) is 9.76. The highest BCUT2D eigenvalue weighted by atomic mass is 35.5. The van der Waals surface area contributed by atoms with Gasteiger partial charge in [-0.2, -0.15) is 0 Å². The molecule has 0 saturated carbocycles. The number of carbonyl (C=O) groups excluding carboxylic acids is 1. The lowest BCUT2D eigenvalue weighted by Crippen LogP contribution is -2.33. The summed E-state index contributed by atoms with van der Waals surface area (Å²) in [5, 5.41) is 10.1. The van der Waals surface area contributed by atoms with E-state index in [4.69, 9.17) is 11.6 Å². The first-order chi connectivity index (χ1) is 14.0. The number of hydrogen-bond acceptors (Lipinski definition) is 4. The van der Waals surface area contributed by atoms with E-state index in [9.17, 15) is 4.79 Å². The van der Waals surface area contributed by atoms with E-state index in [2.05, 4.69) is 16.8 Å². The Hall–Kier alpha value is -2.57. The lowest BCUT2D eigenvalue weighted by Gasteiger charge is -2.20. The molecule has 1 amide bonds. The molecule has 1 aromatic heterocycles. The molecule has 3 aromatic rings. The Morgan fingerprint density at radius 2 is 1.83 bits per heavy atom. The highest BCUT2D eigenvalue weighted by Gasteiger charge is 2.19. The van der Waals surface area contributed by atoms with Gasteiger partial charge in [0.1, 0.15) is 0 Å². The van der Waals surface area contributed by atoms with Crippen LogP contribution in [0.25, 0.3) is 17.1 Å². The van der Waals surface area contributed by atoms with Crippen LogP contribution in [0.5, 0.6) is 0 Å². The second-order valence-corrected chi connectivity index (χ2v) is 8.02. The molecule has 0 aliphatic heterocycles. The van der Waals surface area contributed by atoms with Gasteiger partial charge in [-0.1, -0.05) is 65.8 Å². The van der Waals surface area contributed by atoms with Crippen LogP contribution in [0.2, 0.25) is 5.02 Å². The Kier molecular flexibility index (Phi) is 7.12. The maximum Gasteiger partial charge on any atom is 0.233 e. The summed E-state index contributed by atoms with van der Waals surface area (Å²) in [6.45, 7) is 9.00. The maximum atomic E-state index is 12.6. The van der Waals surface area contributed by atoms with Gasteiger partial charge >= 0.3 is 0 Å². The van der Waals surface area contributed by atoms with Crippen LogP contribution in [-0.2, 0) is 4.79 Å². The van der Waals surface area contributed by atoms with Crippen molar-refractivity contribution in [3.05, 3.63) is 71.8 Å². The fourth-order valence-electron chi connectivity index (χ4n) is 2.88. The van der Waals surface area contributed by atoms with E-state index in [1.807, 2.05) is 73.0 Å². The lowest BCUT2D eigenvalue weighted by atomic mass is 10.2. The molecule has 7 heteroatoms. The zero-order valence-electron chi connectivity index (χ0n) is 16.5. The molecular weight excluding hydrogens is 404 g/mol. The molecule has 0 N–H and O–H groups in total. The molecule has 5 nitrogen and oxygen atoms in total. The molecule has 0 fully saturated rings. The highest BCUT2D eigenvalue weighted by Crippen LogP contribution is 2.28. The number of hydrogen-bond donors (Lipinski definition) is 0. The fourth-order valence-corrected chi connectivity index (χ4v) is 3.86. The van der Waals surface area contributed by atoms with E-state index < -0.39 is 0 Å². The van der Waals surface area contributed by atoms with E-state index in [0.29, 0.717) is 23.3 Å². The van der Waals surface area contributed by atoms with Crippen LogP contribution in [0.1, 0.15) is 13.8 Å². The molecule has 0 radical (unpaired) electrons. The summed E-state index contributed by atoms with van der Waals surface area (Å²) in [4.78, 5) is 14.4. The minimum Gasteiger partial charge on any atom is -0.338 e. The van der Waals surface area contributed by atoms with Crippen LogP contribution in [0.15, 0.2) is 71.9 Å². The number of nitrogens with zero attached hydrogens (tertiary/aromatic N) is 4. The fraction of sp³-hybridized carbons (Fsp3) is 0.227. The van der Waals surface area contributed by atoms with Gasteiger partial charge in [-0.15, -0.1) is 10.2 Å². The number of halogens is 1. The van der Waals surface area contributed by atoms with Gasteiger partial charge in [0.25, 0.3) is 0 Å². The number of carbonyl (C=O) groups is 1. The van der Waals surface area contributed by atoms with Crippen LogP contribution in [0, 0.1) is 0 Å². The number of aromatic nitrogens is 3. The van der Waals surface area contributed by atoms with Crippen molar-refractivity contribution in [2.75, 3.05) is 18.8 Å². The summed E-state index contributed by atoms with van der Waals surface area (Å²) in [5.74, 6) is 1.05. The topological polar surface area (TPSA) is 51.0 Å². The Labute approximate surface area is 180 Å². The van der Waals surface area contributed by atoms with Crippen molar-refractivity contribution in [1.29, 1.82) is 0 Å². The van der Waals surface area contributed by atoms with Gasteiger partial charge in [0.15, 0.2) is 11.0 Å². The third-order valence-electron chi connectivity index (χ3n) is 4.27. The van der Waals surface area contributed by atoms with Gasteiger partial charge in [-0.25, -0.2) is 0 Å². The van der Waals surface area contributed by atoms with Crippen LogP contribution >= 0.6 is 23.4 Å². The quantitative estimate of drug-likeness (QED) is 0.371. The van der Waals surface area contributed by atoms with Crippen molar-refractivity contribution < 1.29 is 4.79 Å². The summed E-state index contributed by atoms with van der Waals surface area (Å²) < 4.78 is 1.96. The Bertz CT molecular complexity index is 986. The predicted molar refractivity (Wildman–Crippen MR) is 120 cm³/mol. The molecule has 0 bridgehead atoms. The van der Waals surface area contributed by atoms with Gasteiger partial charge < -0.3 is 4.90 Å². The Balaban J connectivity index is 1.91. The van der Waals surface area contributed by atoms with Crippen LogP contribution in [0.3, 0.4) is 0 Å². The standard InChI is InChI=1S/C22H23ClN4OS/c1-4-26(14-16(2)3)20(28)15-29-22-25-24-21(17-8-6-5-7-9-17)27(22)19-12-10-18(23)11-13-19/h5-13H,2,4,14-15H2,1,3H3. The number of likely N-dealkylation sites (N-methyl/N-ethyl adjacent to an activating group) is 1. The van der Waals surface area contributed by atoms with Crippen molar-refractivity contribution in [2.45, 2.75) is 19.0 Å². The molecule has 150 valence electrons. The van der Waals surface area contributed by atoms with Crippen molar-refractivity contribution in [1.82, 2.24) is 19.7 Å². The van der Waals surface area contributed by atoms with Crippen molar-refractivity contribution >= 4 is 29.3 Å². The summed E-state index contributed by atoms with van der Waals surface area (Å²) in [6.07, 6.45) is 0. The third-order valence-corrected chi connectivity index (χ3v) is 5.44. The molecular formula is C22H23ClN4OS. The molecule has 0 aliphatic rings. The average Bonchev–Trinajstić information content (AvgIpc) is 3.15. The predicted octanol–water partition coefficient (Wildman–Crippen LogP) is 5.10. The van der Waals surface area contributed by atoms with E-state index in [1.165, 1.54) is 11.8 Å². The first-order valence-corrected chi connectivity index (χ1v) is 10.7. The molecule has 0 unspecified atom stereocenters. The second-order valence-electron chi connectivity index (χ2n) is 6.64. The van der Waals surface area contributed by atoms with E-state index in [-0.39, 0.29) is 11.7 Å². The molecule has 3 rings (SSSR count). The summed E-state index contributed by atoms with van der Waals surface area (Å²) in [5.41, 5.74) is 2.80. The number of amides is 1. The van der Waals surface area contributed by atoms with E-state index in [1.54, 1.807) is 4.90 Å². The molecule has 0 aliphatic carbocycles. The number of rotatable bonds is 8. The van der Waals surface area contributed by atoms with Gasteiger partial charge in [0, 0.05) is 29.4 Å². The molecule has 0 saturated heterocycles. The Morgan fingerprint density at radius 3 is 2.45 bits per heavy atom. The minimum atomic E-state index is 0.0485. The van der Waals surface area contributed by atoms with Crippen molar-refractivity contribution in [2.24, 2.45) is 0 Å². The zero-order valence-corrected chi connectivity index (χ0v) is 18.1. The SMILES string of the molecule is C=C(C)CN(CC)C(=O)CSc1nnc(-c2ccccc2)n1-c1ccc(Cl)cc1. The van der Waals surface area contributed by atoms with Gasteiger partial charge in [-0.05, 0) is 38.1 Å². The van der Waals surface area contributed by atoms with Crippen LogP contribution < -0.4 is 0 Å². The van der Waals surface area contributed by atoms with Gasteiger partial charge in [0.2, 0.25) is 5.91 Å². The number of benzene rings is 2. The van der Waals surface area contributed by atoms with E-state index >= 15 is 0 Å². The van der Waals surface area contributed by atoms with Crippen molar-refractivity contribution in [3.63, 3.8) is 0 Å². The van der Waals surface area contributed by atoms with Crippen LogP contribution in [0.4, 0.5) is 0 Å². The lowest BCUT2D eigenvalue weighted by molar-refractivity contribution is -0.127. The monoisotopic (exact) mass is 426 g/mol. The van der Waals surface area contributed by atoms with Crippen LogP contribution in [-0.4, -0.2) is 44.4 Å². The first-order valence-electron chi connectivity index (χ1n) is 9.31. The van der Waals surface area contributed by atoms with Gasteiger partial charge in [-0.3, -0.25) is 9.36 Å². The Morgan fingerprint density at radius 1 is 1.14 bits per heavy atom. The first kappa shape index (κ1) is 21.1. The maximum absolute atomic E-state index is 12.6. The molecule has 0 spiro atoms. The summed E-state index contributed by atoms with van der Waals surface area (Å²) >= 11 is 7.44.